The quantitative estimate of drug-likeness (QED) is 0.795. The summed E-state index contributed by atoms with van der Waals surface area (Å²) in [4.78, 5) is 12.6. The molecule has 2 heteroatoms. The number of carbonyl (C=O) groups excluding carboxylic acids is 1. The Morgan fingerprint density at radius 1 is 1.14 bits per heavy atom. The van der Waals surface area contributed by atoms with Gasteiger partial charge in [0.2, 0.25) is 5.91 Å². The Morgan fingerprint density at radius 3 is 2.14 bits per heavy atom. The molecule has 1 aliphatic carbocycles. The SMILES string of the molecule is CC(C)=C[C@H]1[C@@H](C(=O)Nc2c(C)cc(C)cc2C)C1(C)C. The van der Waals surface area contributed by atoms with Crippen LogP contribution in [0.4, 0.5) is 5.69 Å². The lowest BCUT2D eigenvalue weighted by Crippen LogP contribution is -2.18. The number of hydrogen-bond acceptors (Lipinski definition) is 1. The second kappa shape index (κ2) is 5.32. The van der Waals surface area contributed by atoms with E-state index in [1.165, 1.54) is 11.1 Å². The first-order valence-electron chi connectivity index (χ1n) is 7.68. The predicted molar refractivity (Wildman–Crippen MR) is 89.5 cm³/mol. The molecule has 1 saturated carbocycles. The summed E-state index contributed by atoms with van der Waals surface area (Å²) >= 11 is 0. The zero-order chi connectivity index (χ0) is 15.9. The van der Waals surface area contributed by atoms with Crippen LogP contribution in [0.3, 0.4) is 0 Å². The topological polar surface area (TPSA) is 29.1 Å². The Labute approximate surface area is 128 Å². The molecule has 0 aliphatic heterocycles. The van der Waals surface area contributed by atoms with E-state index in [9.17, 15) is 4.79 Å². The minimum Gasteiger partial charge on any atom is -0.325 e. The van der Waals surface area contributed by atoms with Crippen molar-refractivity contribution in [2.24, 2.45) is 17.3 Å². The molecule has 1 aromatic rings. The van der Waals surface area contributed by atoms with E-state index in [0.717, 1.165) is 16.8 Å². The van der Waals surface area contributed by atoms with Gasteiger partial charge < -0.3 is 5.32 Å². The van der Waals surface area contributed by atoms with Gasteiger partial charge in [0, 0.05) is 5.69 Å². The van der Waals surface area contributed by atoms with Gasteiger partial charge in [-0.2, -0.15) is 0 Å². The standard InChI is InChI=1S/C19H27NO/c1-11(2)8-15-16(19(15,6)7)18(21)20-17-13(4)9-12(3)10-14(17)5/h8-10,15-16H,1-7H3,(H,20,21)/t15-,16-/m0/s1. The maximum atomic E-state index is 12.6. The van der Waals surface area contributed by atoms with Crippen LogP contribution in [0.1, 0.15) is 44.4 Å². The van der Waals surface area contributed by atoms with Crippen LogP contribution in [-0.4, -0.2) is 5.91 Å². The van der Waals surface area contributed by atoms with Crippen molar-refractivity contribution in [3.63, 3.8) is 0 Å². The molecule has 1 amide bonds. The number of amides is 1. The molecule has 0 unspecified atom stereocenters. The lowest BCUT2D eigenvalue weighted by Gasteiger charge is -2.13. The average molecular weight is 285 g/mol. The van der Waals surface area contributed by atoms with Gasteiger partial charge in [0.15, 0.2) is 0 Å². The van der Waals surface area contributed by atoms with Gasteiger partial charge >= 0.3 is 0 Å². The summed E-state index contributed by atoms with van der Waals surface area (Å²) in [6.07, 6.45) is 2.24. The zero-order valence-corrected chi connectivity index (χ0v) is 14.3. The van der Waals surface area contributed by atoms with E-state index < -0.39 is 0 Å². The van der Waals surface area contributed by atoms with E-state index in [-0.39, 0.29) is 17.2 Å². The van der Waals surface area contributed by atoms with Crippen molar-refractivity contribution >= 4 is 11.6 Å². The Bertz CT molecular complexity index is 583. The van der Waals surface area contributed by atoms with Gasteiger partial charge in [-0.1, -0.05) is 43.2 Å². The van der Waals surface area contributed by atoms with E-state index >= 15 is 0 Å². The van der Waals surface area contributed by atoms with Gasteiger partial charge in [0.1, 0.15) is 0 Å². The molecule has 0 heterocycles. The first-order chi connectivity index (χ1) is 9.64. The minimum absolute atomic E-state index is 0.0634. The van der Waals surface area contributed by atoms with Crippen molar-refractivity contribution in [3.05, 3.63) is 40.5 Å². The minimum atomic E-state index is 0.0634. The summed E-state index contributed by atoms with van der Waals surface area (Å²) in [5.41, 5.74) is 5.83. The van der Waals surface area contributed by atoms with Crippen molar-refractivity contribution in [3.8, 4) is 0 Å². The lowest BCUT2D eigenvalue weighted by atomic mass is 10.0. The number of nitrogens with one attached hydrogen (secondary N) is 1. The van der Waals surface area contributed by atoms with Gasteiger partial charge in [-0.25, -0.2) is 0 Å². The third kappa shape index (κ3) is 3.04. The summed E-state index contributed by atoms with van der Waals surface area (Å²) in [5, 5.41) is 3.16. The molecule has 21 heavy (non-hydrogen) atoms. The van der Waals surface area contributed by atoms with Gasteiger partial charge in [0.05, 0.1) is 5.92 Å². The molecule has 1 N–H and O–H groups in total. The number of hydrogen-bond donors (Lipinski definition) is 1. The summed E-state index contributed by atoms with van der Waals surface area (Å²) in [6, 6.07) is 4.24. The summed E-state index contributed by atoms with van der Waals surface area (Å²) < 4.78 is 0. The van der Waals surface area contributed by atoms with Crippen molar-refractivity contribution in [1.82, 2.24) is 0 Å². The van der Waals surface area contributed by atoms with Crippen LogP contribution in [-0.2, 0) is 4.79 Å². The monoisotopic (exact) mass is 285 g/mol. The fraction of sp³-hybridized carbons (Fsp3) is 0.526. The number of allylic oxidation sites excluding steroid dienone is 2. The second-order valence-corrected chi connectivity index (χ2v) is 7.33. The first-order valence-corrected chi connectivity index (χ1v) is 7.68. The van der Waals surface area contributed by atoms with Crippen LogP contribution < -0.4 is 5.32 Å². The molecular weight excluding hydrogens is 258 g/mol. The molecule has 1 aromatic carbocycles. The zero-order valence-electron chi connectivity index (χ0n) is 14.3. The molecule has 0 radical (unpaired) electrons. The molecule has 0 saturated heterocycles. The summed E-state index contributed by atoms with van der Waals surface area (Å²) in [7, 11) is 0. The van der Waals surface area contributed by atoms with E-state index in [4.69, 9.17) is 0 Å². The van der Waals surface area contributed by atoms with E-state index in [1.807, 2.05) is 0 Å². The van der Waals surface area contributed by atoms with Crippen molar-refractivity contribution in [2.45, 2.75) is 48.5 Å². The second-order valence-electron chi connectivity index (χ2n) is 7.33. The third-order valence-electron chi connectivity index (χ3n) is 4.63. The van der Waals surface area contributed by atoms with E-state index in [1.54, 1.807) is 0 Å². The first kappa shape index (κ1) is 15.8. The van der Waals surface area contributed by atoms with Crippen LogP contribution >= 0.6 is 0 Å². The number of rotatable bonds is 3. The maximum Gasteiger partial charge on any atom is 0.228 e. The lowest BCUT2D eigenvalue weighted by molar-refractivity contribution is -0.118. The van der Waals surface area contributed by atoms with Crippen LogP contribution in [0.15, 0.2) is 23.8 Å². The Morgan fingerprint density at radius 2 is 1.67 bits per heavy atom. The van der Waals surface area contributed by atoms with Crippen LogP contribution in [0.2, 0.25) is 0 Å². The molecule has 0 aromatic heterocycles. The van der Waals surface area contributed by atoms with Crippen LogP contribution in [0, 0.1) is 38.0 Å². The molecule has 0 spiro atoms. The largest absolute Gasteiger partial charge is 0.325 e. The molecule has 2 atom stereocenters. The van der Waals surface area contributed by atoms with Gasteiger partial charge in [-0.15, -0.1) is 0 Å². The molecule has 1 aliphatic rings. The Kier molecular flexibility index (Phi) is 4.01. The molecule has 2 rings (SSSR count). The van der Waals surface area contributed by atoms with E-state index in [2.05, 4.69) is 72.0 Å². The molecule has 114 valence electrons. The Balaban J connectivity index is 2.19. The summed E-state index contributed by atoms with van der Waals surface area (Å²) in [6.45, 7) is 14.7. The van der Waals surface area contributed by atoms with Gasteiger partial charge in [-0.3, -0.25) is 4.79 Å². The number of benzene rings is 1. The highest BCUT2D eigenvalue weighted by Gasteiger charge is 2.60. The predicted octanol–water partition coefficient (Wildman–Crippen LogP) is 4.79. The maximum absolute atomic E-state index is 12.6. The van der Waals surface area contributed by atoms with Crippen LogP contribution in [0.5, 0.6) is 0 Å². The van der Waals surface area contributed by atoms with Gasteiger partial charge in [0.25, 0.3) is 0 Å². The van der Waals surface area contributed by atoms with Gasteiger partial charge in [-0.05, 0) is 57.1 Å². The number of aryl methyl sites for hydroxylation is 3. The van der Waals surface area contributed by atoms with E-state index in [0.29, 0.717) is 5.92 Å². The fourth-order valence-electron chi connectivity index (χ4n) is 3.43. The number of anilines is 1. The summed E-state index contributed by atoms with van der Waals surface area (Å²) in [5.74, 6) is 0.582. The van der Waals surface area contributed by atoms with Crippen molar-refractivity contribution < 1.29 is 4.79 Å². The Hall–Kier alpha value is -1.57. The number of carbonyl (C=O) groups is 1. The highest BCUT2D eigenvalue weighted by molar-refractivity contribution is 5.97. The smallest absolute Gasteiger partial charge is 0.228 e. The molecule has 0 bridgehead atoms. The van der Waals surface area contributed by atoms with Crippen molar-refractivity contribution in [1.29, 1.82) is 0 Å². The normalized spacial score (nSPS) is 22.6. The van der Waals surface area contributed by atoms with Crippen molar-refractivity contribution in [2.75, 3.05) is 5.32 Å². The van der Waals surface area contributed by atoms with Crippen LogP contribution in [0.25, 0.3) is 0 Å². The third-order valence-corrected chi connectivity index (χ3v) is 4.63. The highest BCUT2D eigenvalue weighted by atomic mass is 16.2. The average Bonchev–Trinajstić information content (AvgIpc) is 2.84. The molecular formula is C19H27NO. The highest BCUT2D eigenvalue weighted by Crippen LogP contribution is 2.59. The fourth-order valence-corrected chi connectivity index (χ4v) is 3.43. The molecule has 2 nitrogen and oxygen atoms in total. The molecule has 1 fully saturated rings.